The van der Waals surface area contributed by atoms with E-state index in [4.69, 9.17) is 23.2 Å². The molecule has 0 atom stereocenters. The molecule has 1 amide bonds. The largest absolute Gasteiger partial charge is 0.321 e. The maximum absolute atomic E-state index is 12.2. The van der Waals surface area contributed by atoms with Crippen LogP contribution in [-0.2, 0) is 0 Å². The van der Waals surface area contributed by atoms with Gasteiger partial charge in [0.1, 0.15) is 0 Å². The SMILES string of the molecule is O=C(Nc1ccccc1Cl)c1cnc(-c2ccc(Cl)cc2)nc1. The predicted octanol–water partition coefficient (Wildman–Crippen LogP) is 4.70. The van der Waals surface area contributed by atoms with E-state index in [0.29, 0.717) is 27.1 Å². The third-order valence-corrected chi connectivity index (χ3v) is 3.72. The second-order valence-corrected chi connectivity index (χ2v) is 5.58. The topological polar surface area (TPSA) is 54.9 Å². The van der Waals surface area contributed by atoms with Crippen molar-refractivity contribution >= 4 is 34.8 Å². The summed E-state index contributed by atoms with van der Waals surface area (Å²) in [6.07, 6.45) is 2.95. The van der Waals surface area contributed by atoms with E-state index in [0.717, 1.165) is 5.56 Å². The van der Waals surface area contributed by atoms with E-state index in [2.05, 4.69) is 15.3 Å². The number of anilines is 1. The van der Waals surface area contributed by atoms with Gasteiger partial charge in [0, 0.05) is 23.0 Å². The first-order valence-corrected chi connectivity index (χ1v) is 7.53. The standard InChI is InChI=1S/C17H11Cl2N3O/c18-13-7-5-11(6-8-13)16-20-9-12(10-21-16)17(23)22-15-4-2-1-3-14(15)19/h1-10H,(H,22,23). The van der Waals surface area contributed by atoms with E-state index in [1.54, 1.807) is 36.4 Å². The van der Waals surface area contributed by atoms with Crippen molar-refractivity contribution in [2.45, 2.75) is 0 Å². The Kier molecular flexibility index (Phi) is 4.55. The Balaban J connectivity index is 1.78. The monoisotopic (exact) mass is 343 g/mol. The minimum atomic E-state index is -0.319. The highest BCUT2D eigenvalue weighted by Crippen LogP contribution is 2.21. The Labute approximate surface area is 143 Å². The molecule has 0 radical (unpaired) electrons. The zero-order valence-electron chi connectivity index (χ0n) is 11.8. The molecule has 0 fully saturated rings. The number of halogens is 2. The number of rotatable bonds is 3. The third kappa shape index (κ3) is 3.67. The van der Waals surface area contributed by atoms with E-state index >= 15 is 0 Å². The first-order valence-electron chi connectivity index (χ1n) is 6.77. The molecule has 1 aromatic heterocycles. The highest BCUT2D eigenvalue weighted by Gasteiger charge is 2.10. The molecule has 1 N–H and O–H groups in total. The molecule has 6 heteroatoms. The van der Waals surface area contributed by atoms with Crippen molar-refractivity contribution in [3.05, 3.63) is 76.5 Å². The van der Waals surface area contributed by atoms with E-state index in [9.17, 15) is 4.79 Å². The van der Waals surface area contributed by atoms with Crippen LogP contribution in [-0.4, -0.2) is 15.9 Å². The molecule has 0 saturated heterocycles. The van der Waals surface area contributed by atoms with Crippen LogP contribution in [0.2, 0.25) is 10.0 Å². The van der Waals surface area contributed by atoms with Gasteiger partial charge < -0.3 is 5.32 Å². The van der Waals surface area contributed by atoms with Crippen LogP contribution in [0.25, 0.3) is 11.4 Å². The summed E-state index contributed by atoms with van der Waals surface area (Å²) in [5.74, 6) is 0.205. The van der Waals surface area contributed by atoms with E-state index in [1.807, 2.05) is 12.1 Å². The number of hydrogen-bond donors (Lipinski definition) is 1. The summed E-state index contributed by atoms with van der Waals surface area (Å²) in [7, 11) is 0. The molecule has 0 aliphatic rings. The fraction of sp³-hybridized carbons (Fsp3) is 0. The van der Waals surface area contributed by atoms with Crippen molar-refractivity contribution in [3.8, 4) is 11.4 Å². The van der Waals surface area contributed by atoms with Crippen molar-refractivity contribution in [2.75, 3.05) is 5.32 Å². The molecule has 1 heterocycles. The fourth-order valence-corrected chi connectivity index (χ4v) is 2.26. The van der Waals surface area contributed by atoms with Crippen LogP contribution in [0.15, 0.2) is 60.9 Å². The minimum absolute atomic E-state index is 0.319. The molecule has 114 valence electrons. The molecule has 0 spiro atoms. The number of nitrogens with one attached hydrogen (secondary N) is 1. The van der Waals surface area contributed by atoms with Gasteiger partial charge in [-0.05, 0) is 36.4 Å². The van der Waals surface area contributed by atoms with Gasteiger partial charge in [-0.3, -0.25) is 4.79 Å². The Hall–Kier alpha value is -2.43. The van der Waals surface area contributed by atoms with E-state index in [-0.39, 0.29) is 5.91 Å². The Morgan fingerprint density at radius 2 is 1.57 bits per heavy atom. The van der Waals surface area contributed by atoms with Gasteiger partial charge in [0.05, 0.1) is 16.3 Å². The van der Waals surface area contributed by atoms with E-state index < -0.39 is 0 Å². The fourth-order valence-electron chi connectivity index (χ4n) is 1.95. The second-order valence-electron chi connectivity index (χ2n) is 4.74. The molecule has 23 heavy (non-hydrogen) atoms. The van der Waals surface area contributed by atoms with Gasteiger partial charge in [0.15, 0.2) is 5.82 Å². The molecular formula is C17H11Cl2N3O. The maximum atomic E-state index is 12.2. The molecule has 0 bridgehead atoms. The molecule has 0 aliphatic carbocycles. The Morgan fingerprint density at radius 3 is 2.22 bits per heavy atom. The number of amides is 1. The summed E-state index contributed by atoms with van der Waals surface area (Å²) >= 11 is 11.9. The molecule has 2 aromatic carbocycles. The number of nitrogens with zero attached hydrogens (tertiary/aromatic N) is 2. The quantitative estimate of drug-likeness (QED) is 0.749. The molecule has 0 aliphatic heterocycles. The van der Waals surface area contributed by atoms with Crippen molar-refractivity contribution in [1.82, 2.24) is 9.97 Å². The average molecular weight is 344 g/mol. The van der Waals surface area contributed by atoms with Gasteiger partial charge in [-0.15, -0.1) is 0 Å². The number of benzene rings is 2. The smallest absolute Gasteiger partial charge is 0.258 e. The van der Waals surface area contributed by atoms with Crippen LogP contribution in [0, 0.1) is 0 Å². The van der Waals surface area contributed by atoms with Crippen LogP contribution in [0.4, 0.5) is 5.69 Å². The van der Waals surface area contributed by atoms with Crippen molar-refractivity contribution in [3.63, 3.8) is 0 Å². The zero-order valence-corrected chi connectivity index (χ0v) is 13.3. The van der Waals surface area contributed by atoms with Crippen LogP contribution in [0.5, 0.6) is 0 Å². The lowest BCUT2D eigenvalue weighted by Gasteiger charge is -2.07. The Bertz CT molecular complexity index is 833. The van der Waals surface area contributed by atoms with Gasteiger partial charge >= 0.3 is 0 Å². The molecule has 0 saturated carbocycles. The van der Waals surface area contributed by atoms with Gasteiger partial charge in [0.2, 0.25) is 0 Å². The maximum Gasteiger partial charge on any atom is 0.258 e. The van der Waals surface area contributed by atoms with Gasteiger partial charge in [-0.25, -0.2) is 9.97 Å². The number of hydrogen-bond acceptors (Lipinski definition) is 3. The molecule has 0 unspecified atom stereocenters. The highest BCUT2D eigenvalue weighted by atomic mass is 35.5. The normalized spacial score (nSPS) is 10.3. The van der Waals surface area contributed by atoms with Crippen molar-refractivity contribution in [2.24, 2.45) is 0 Å². The van der Waals surface area contributed by atoms with E-state index in [1.165, 1.54) is 12.4 Å². The van der Waals surface area contributed by atoms with Crippen molar-refractivity contribution < 1.29 is 4.79 Å². The predicted molar refractivity (Wildman–Crippen MR) is 91.9 cm³/mol. The lowest BCUT2D eigenvalue weighted by atomic mass is 10.2. The average Bonchev–Trinajstić information content (AvgIpc) is 2.58. The summed E-state index contributed by atoms with van der Waals surface area (Å²) in [6.45, 7) is 0. The number of carbonyl (C=O) groups excluding carboxylic acids is 1. The summed E-state index contributed by atoms with van der Waals surface area (Å²) in [5, 5.41) is 3.84. The Morgan fingerprint density at radius 1 is 0.913 bits per heavy atom. The lowest BCUT2D eigenvalue weighted by molar-refractivity contribution is 0.102. The summed E-state index contributed by atoms with van der Waals surface area (Å²) in [6, 6.07) is 14.2. The molecular weight excluding hydrogens is 333 g/mol. The van der Waals surface area contributed by atoms with Crippen molar-refractivity contribution in [1.29, 1.82) is 0 Å². The minimum Gasteiger partial charge on any atom is -0.321 e. The van der Waals surface area contributed by atoms with Gasteiger partial charge in [-0.1, -0.05) is 35.3 Å². The summed E-state index contributed by atoms with van der Waals surface area (Å²) < 4.78 is 0. The van der Waals surface area contributed by atoms with Crippen LogP contribution in [0.3, 0.4) is 0 Å². The first-order chi connectivity index (χ1) is 11.1. The molecule has 4 nitrogen and oxygen atoms in total. The first kappa shape index (κ1) is 15.5. The van der Waals surface area contributed by atoms with Crippen LogP contribution in [0.1, 0.15) is 10.4 Å². The third-order valence-electron chi connectivity index (χ3n) is 3.14. The molecule has 3 aromatic rings. The number of para-hydroxylation sites is 1. The van der Waals surface area contributed by atoms with Crippen LogP contribution < -0.4 is 5.32 Å². The van der Waals surface area contributed by atoms with Gasteiger partial charge in [-0.2, -0.15) is 0 Å². The van der Waals surface area contributed by atoms with Gasteiger partial charge in [0.25, 0.3) is 5.91 Å². The van der Waals surface area contributed by atoms with Crippen LogP contribution >= 0.6 is 23.2 Å². The summed E-state index contributed by atoms with van der Waals surface area (Å²) in [5.41, 5.74) is 1.72. The molecule has 3 rings (SSSR count). The second kappa shape index (κ2) is 6.77. The summed E-state index contributed by atoms with van der Waals surface area (Å²) in [4.78, 5) is 20.6. The highest BCUT2D eigenvalue weighted by molar-refractivity contribution is 6.33. The number of aromatic nitrogens is 2. The zero-order chi connectivity index (χ0) is 16.2. The number of carbonyl (C=O) groups is 1. The lowest BCUT2D eigenvalue weighted by Crippen LogP contribution is -2.13.